The number of halogens is 1. The number of hydrogen-bond donors (Lipinski definition) is 2. The molecule has 4 nitrogen and oxygen atoms in total. The van der Waals surface area contributed by atoms with E-state index in [1.165, 1.54) is 0 Å². The molecule has 7 heteroatoms. The Morgan fingerprint density at radius 3 is 2.80 bits per heavy atom. The van der Waals surface area contributed by atoms with E-state index >= 15 is 0 Å². The minimum atomic E-state index is -0.325. The van der Waals surface area contributed by atoms with Crippen LogP contribution in [-0.4, -0.2) is 17.2 Å². The molecule has 2 heterocycles. The number of carbonyl (C=O) groups is 1. The fourth-order valence-corrected chi connectivity index (χ4v) is 3.71. The summed E-state index contributed by atoms with van der Waals surface area (Å²) < 4.78 is 6.31. The number of rotatable bonds is 3. The van der Waals surface area contributed by atoms with Gasteiger partial charge in [0.05, 0.1) is 17.7 Å². The largest absolute Gasteiger partial charge is 0.459 e. The second-order valence-corrected chi connectivity index (χ2v) is 6.96. The van der Waals surface area contributed by atoms with E-state index in [9.17, 15) is 4.79 Å². The first kappa shape index (κ1) is 15.5. The van der Waals surface area contributed by atoms with Crippen molar-refractivity contribution in [2.75, 3.05) is 0 Å². The lowest BCUT2D eigenvalue weighted by Gasteiger charge is -2.29. The summed E-state index contributed by atoms with van der Waals surface area (Å²) in [7, 11) is 0. The highest BCUT2D eigenvalue weighted by atomic mass is 79.9. The molecule has 2 rings (SSSR count). The number of hydrogen-bond acceptors (Lipinski definition) is 4. The zero-order chi connectivity index (χ0) is 14.9. The van der Waals surface area contributed by atoms with Crippen molar-refractivity contribution in [3.05, 3.63) is 32.1 Å². The third-order valence-corrected chi connectivity index (χ3v) is 4.68. The van der Waals surface area contributed by atoms with Gasteiger partial charge in [-0.05, 0) is 55.0 Å². The number of nitrogens with one attached hydrogen (secondary N) is 2. The lowest BCUT2D eigenvalue weighted by Crippen LogP contribution is -2.45. The van der Waals surface area contributed by atoms with E-state index in [0.717, 1.165) is 15.0 Å². The van der Waals surface area contributed by atoms with E-state index < -0.39 is 0 Å². The first-order chi connectivity index (χ1) is 9.38. The van der Waals surface area contributed by atoms with Gasteiger partial charge in [-0.1, -0.05) is 0 Å². The van der Waals surface area contributed by atoms with Crippen LogP contribution in [0.25, 0.3) is 0 Å². The van der Waals surface area contributed by atoms with Crippen molar-refractivity contribution < 1.29 is 9.53 Å². The van der Waals surface area contributed by atoms with Gasteiger partial charge in [0.2, 0.25) is 0 Å². The molecular formula is C13H15BrN2O2S2. The van der Waals surface area contributed by atoms with Gasteiger partial charge in [0.25, 0.3) is 0 Å². The van der Waals surface area contributed by atoms with Gasteiger partial charge in [0, 0.05) is 20.4 Å². The van der Waals surface area contributed by atoms with Gasteiger partial charge < -0.3 is 15.4 Å². The molecule has 0 amide bonds. The molecule has 0 spiro atoms. The van der Waals surface area contributed by atoms with Crippen LogP contribution in [0, 0.1) is 0 Å². The summed E-state index contributed by atoms with van der Waals surface area (Å²) in [6, 6.07) is 1.71. The maximum atomic E-state index is 12.3. The Kier molecular flexibility index (Phi) is 4.82. The van der Waals surface area contributed by atoms with Crippen molar-refractivity contribution in [3.8, 4) is 0 Å². The molecule has 108 valence electrons. The maximum absolute atomic E-state index is 12.3. The van der Waals surface area contributed by atoms with Crippen molar-refractivity contribution >= 4 is 50.6 Å². The number of thiocarbonyl (C=S) groups is 1. The van der Waals surface area contributed by atoms with Crippen molar-refractivity contribution in [1.29, 1.82) is 0 Å². The van der Waals surface area contributed by atoms with Crippen LogP contribution in [-0.2, 0) is 9.53 Å². The standard InChI is InChI=1S/C13H15BrN2O2S2/c1-6(2)18-12(17)10-7(3)15-13(19)16-11(10)9-4-8(14)5-20-9/h4-6,11H,1-3H3,(H2,15,16,19)/t11-/m1/s1. The number of allylic oxidation sites excluding steroid dienone is 1. The Labute approximate surface area is 135 Å². The minimum Gasteiger partial charge on any atom is -0.459 e. The van der Waals surface area contributed by atoms with Crippen LogP contribution in [0.5, 0.6) is 0 Å². The van der Waals surface area contributed by atoms with Crippen LogP contribution in [0.4, 0.5) is 0 Å². The molecule has 20 heavy (non-hydrogen) atoms. The van der Waals surface area contributed by atoms with Crippen LogP contribution < -0.4 is 10.6 Å². The smallest absolute Gasteiger partial charge is 0.338 e. The number of esters is 1. The summed E-state index contributed by atoms with van der Waals surface area (Å²) in [5.74, 6) is -0.325. The molecule has 0 unspecified atom stereocenters. The predicted molar refractivity (Wildman–Crippen MR) is 87.6 cm³/mol. The third kappa shape index (κ3) is 3.39. The molecule has 0 aliphatic carbocycles. The van der Waals surface area contributed by atoms with Crippen LogP contribution in [0.15, 0.2) is 27.2 Å². The van der Waals surface area contributed by atoms with Gasteiger partial charge in [0.15, 0.2) is 5.11 Å². The van der Waals surface area contributed by atoms with E-state index in [1.54, 1.807) is 11.3 Å². The Bertz CT molecular complexity index is 581. The molecule has 0 bridgehead atoms. The zero-order valence-electron chi connectivity index (χ0n) is 11.3. The number of carbonyl (C=O) groups excluding carboxylic acids is 1. The monoisotopic (exact) mass is 374 g/mol. The second-order valence-electron chi connectivity index (χ2n) is 4.69. The second kappa shape index (κ2) is 6.24. The first-order valence-electron chi connectivity index (χ1n) is 6.11. The van der Waals surface area contributed by atoms with E-state index in [0.29, 0.717) is 10.7 Å². The summed E-state index contributed by atoms with van der Waals surface area (Å²) >= 11 is 10.2. The topological polar surface area (TPSA) is 50.4 Å². The Hall–Kier alpha value is -0.920. The van der Waals surface area contributed by atoms with Gasteiger partial charge in [-0.3, -0.25) is 0 Å². The summed E-state index contributed by atoms with van der Waals surface area (Å²) in [4.78, 5) is 13.3. The van der Waals surface area contributed by atoms with E-state index in [1.807, 2.05) is 32.2 Å². The Morgan fingerprint density at radius 1 is 1.55 bits per heavy atom. The van der Waals surface area contributed by atoms with Gasteiger partial charge >= 0.3 is 5.97 Å². The summed E-state index contributed by atoms with van der Waals surface area (Å²) in [6.07, 6.45) is -0.160. The summed E-state index contributed by atoms with van der Waals surface area (Å²) in [6.45, 7) is 5.50. The highest BCUT2D eigenvalue weighted by Gasteiger charge is 2.32. The molecule has 0 fully saturated rings. The predicted octanol–water partition coefficient (Wildman–Crippen LogP) is 3.26. The molecule has 1 atom stereocenters. The third-order valence-electron chi connectivity index (χ3n) is 2.70. The van der Waals surface area contributed by atoms with Crippen molar-refractivity contribution in [2.45, 2.75) is 32.9 Å². The highest BCUT2D eigenvalue weighted by molar-refractivity contribution is 9.10. The SMILES string of the molecule is CC1=C(C(=O)OC(C)C)[C@@H](c2cc(Br)cs2)NC(=S)N1. The van der Waals surface area contributed by atoms with Gasteiger partial charge in [-0.25, -0.2) is 4.79 Å². The maximum Gasteiger partial charge on any atom is 0.338 e. The number of thiophene rings is 1. The number of ether oxygens (including phenoxy) is 1. The molecule has 1 aromatic rings. The molecule has 1 aliphatic heterocycles. The first-order valence-corrected chi connectivity index (χ1v) is 8.19. The summed E-state index contributed by atoms with van der Waals surface area (Å²) in [5.41, 5.74) is 1.30. The molecule has 0 aromatic carbocycles. The molecule has 1 aliphatic rings. The minimum absolute atomic E-state index is 0.160. The average molecular weight is 375 g/mol. The fourth-order valence-electron chi connectivity index (χ4n) is 1.94. The summed E-state index contributed by atoms with van der Waals surface area (Å²) in [5, 5.41) is 8.60. The Balaban J connectivity index is 2.39. The van der Waals surface area contributed by atoms with Crippen LogP contribution in [0.2, 0.25) is 0 Å². The molecular weight excluding hydrogens is 360 g/mol. The van der Waals surface area contributed by atoms with Crippen LogP contribution in [0.3, 0.4) is 0 Å². The average Bonchev–Trinajstić information content (AvgIpc) is 2.73. The molecule has 1 aromatic heterocycles. The molecule has 2 N–H and O–H groups in total. The van der Waals surface area contributed by atoms with Gasteiger partial charge in [0.1, 0.15) is 0 Å². The lowest BCUT2D eigenvalue weighted by molar-refractivity contribution is -0.143. The molecule has 0 radical (unpaired) electrons. The van der Waals surface area contributed by atoms with Crippen molar-refractivity contribution in [3.63, 3.8) is 0 Å². The van der Waals surface area contributed by atoms with Gasteiger partial charge in [-0.15, -0.1) is 11.3 Å². The normalized spacial score (nSPS) is 18.9. The van der Waals surface area contributed by atoms with Crippen LogP contribution >= 0.6 is 39.5 Å². The van der Waals surface area contributed by atoms with Gasteiger partial charge in [-0.2, -0.15) is 0 Å². The van der Waals surface area contributed by atoms with E-state index in [2.05, 4.69) is 26.6 Å². The van der Waals surface area contributed by atoms with E-state index in [4.69, 9.17) is 17.0 Å². The molecule has 0 saturated heterocycles. The highest BCUT2D eigenvalue weighted by Crippen LogP contribution is 2.33. The van der Waals surface area contributed by atoms with E-state index in [-0.39, 0.29) is 18.1 Å². The lowest BCUT2D eigenvalue weighted by atomic mass is 10.0. The quantitative estimate of drug-likeness (QED) is 0.628. The molecule has 0 saturated carbocycles. The zero-order valence-corrected chi connectivity index (χ0v) is 14.5. The van der Waals surface area contributed by atoms with Crippen LogP contribution in [0.1, 0.15) is 31.7 Å². The Morgan fingerprint density at radius 2 is 2.25 bits per heavy atom. The van der Waals surface area contributed by atoms with Crippen molar-refractivity contribution in [1.82, 2.24) is 10.6 Å². The fraction of sp³-hybridized carbons (Fsp3) is 0.385. The van der Waals surface area contributed by atoms with Crippen molar-refractivity contribution in [2.24, 2.45) is 0 Å².